The van der Waals surface area contributed by atoms with Gasteiger partial charge in [0, 0.05) is 25.7 Å². The summed E-state index contributed by atoms with van der Waals surface area (Å²) in [5, 5.41) is 3.05. The molecule has 0 radical (unpaired) electrons. The van der Waals surface area contributed by atoms with Gasteiger partial charge in [-0.2, -0.15) is 0 Å². The number of nitrogens with one attached hydrogen (secondary N) is 1. The molecular formula is C12H19N3O4. The first kappa shape index (κ1) is 14.0. The minimum Gasteiger partial charge on any atom is -0.374 e. The van der Waals surface area contributed by atoms with Crippen LogP contribution in [0.3, 0.4) is 0 Å². The van der Waals surface area contributed by atoms with Crippen molar-refractivity contribution >= 4 is 5.91 Å². The third kappa shape index (κ3) is 3.52. The van der Waals surface area contributed by atoms with Crippen LogP contribution in [0.4, 0.5) is 0 Å². The topological polar surface area (TPSA) is 76.7 Å². The summed E-state index contributed by atoms with van der Waals surface area (Å²) in [7, 11) is 1.86. The van der Waals surface area contributed by atoms with Crippen LogP contribution in [-0.2, 0) is 4.74 Å². The van der Waals surface area contributed by atoms with Gasteiger partial charge in [-0.05, 0) is 14.0 Å². The van der Waals surface area contributed by atoms with Crippen LogP contribution >= 0.6 is 0 Å². The van der Waals surface area contributed by atoms with Crippen molar-refractivity contribution in [3.8, 4) is 0 Å². The highest BCUT2D eigenvalue weighted by Crippen LogP contribution is 2.05. The molecule has 19 heavy (non-hydrogen) atoms. The van der Waals surface area contributed by atoms with E-state index in [-0.39, 0.29) is 18.6 Å². The Hall–Kier alpha value is -1.44. The van der Waals surface area contributed by atoms with E-state index in [9.17, 15) is 9.59 Å². The summed E-state index contributed by atoms with van der Waals surface area (Å²) in [6, 6.07) is 1.31. The summed E-state index contributed by atoms with van der Waals surface area (Å²) >= 11 is 0. The molecule has 0 amide bonds. The van der Waals surface area contributed by atoms with Crippen LogP contribution in [0.5, 0.6) is 0 Å². The fourth-order valence-corrected chi connectivity index (χ4v) is 2.15. The fourth-order valence-electron chi connectivity index (χ4n) is 2.15. The maximum Gasteiger partial charge on any atom is 0.290 e. The predicted octanol–water partition coefficient (Wildman–Crippen LogP) is -0.690. The molecule has 7 heteroatoms. The Morgan fingerprint density at radius 1 is 1.58 bits per heavy atom. The number of carbonyl (C=O) groups is 1. The Morgan fingerprint density at radius 2 is 2.37 bits per heavy atom. The largest absolute Gasteiger partial charge is 0.374 e. The monoisotopic (exact) mass is 269 g/mol. The molecule has 1 fully saturated rings. The first-order valence-corrected chi connectivity index (χ1v) is 6.32. The number of hydrogen-bond acceptors (Lipinski definition) is 6. The maximum atomic E-state index is 12.0. The number of nitrogens with zero attached hydrogens (tertiary/aromatic N) is 2. The molecule has 1 atom stereocenters. The van der Waals surface area contributed by atoms with E-state index in [4.69, 9.17) is 9.26 Å². The van der Waals surface area contributed by atoms with E-state index in [2.05, 4.69) is 5.32 Å². The average Bonchev–Trinajstić information content (AvgIpc) is 2.69. The second-order valence-electron chi connectivity index (χ2n) is 4.66. The van der Waals surface area contributed by atoms with E-state index in [1.54, 1.807) is 6.92 Å². The van der Waals surface area contributed by atoms with E-state index < -0.39 is 5.56 Å². The lowest BCUT2D eigenvalue weighted by Crippen LogP contribution is -2.48. The SMILES string of the molecule is CNCC1CN(CC(=O)n2oc(C)cc2=O)CCO1. The highest BCUT2D eigenvalue weighted by atomic mass is 16.5. The van der Waals surface area contributed by atoms with E-state index in [0.29, 0.717) is 25.5 Å². The molecule has 1 aliphatic rings. The molecule has 1 saturated heterocycles. The third-order valence-corrected chi connectivity index (χ3v) is 3.00. The van der Waals surface area contributed by atoms with Gasteiger partial charge < -0.3 is 14.6 Å². The Labute approximate surface area is 111 Å². The van der Waals surface area contributed by atoms with Crippen molar-refractivity contribution in [3.05, 3.63) is 22.2 Å². The lowest BCUT2D eigenvalue weighted by Gasteiger charge is -2.32. The highest BCUT2D eigenvalue weighted by molar-refractivity contribution is 5.79. The second-order valence-corrected chi connectivity index (χ2v) is 4.66. The van der Waals surface area contributed by atoms with E-state index in [1.165, 1.54) is 6.07 Å². The number of carbonyl (C=O) groups excluding carboxylic acids is 1. The van der Waals surface area contributed by atoms with Crippen molar-refractivity contribution in [1.29, 1.82) is 0 Å². The van der Waals surface area contributed by atoms with Crippen LogP contribution in [-0.4, -0.2) is 61.5 Å². The van der Waals surface area contributed by atoms with Crippen molar-refractivity contribution in [2.45, 2.75) is 13.0 Å². The van der Waals surface area contributed by atoms with Crippen LogP contribution in [0, 0.1) is 6.92 Å². The predicted molar refractivity (Wildman–Crippen MR) is 68.4 cm³/mol. The summed E-state index contributed by atoms with van der Waals surface area (Å²) in [5.41, 5.74) is -0.414. The number of hydrogen-bond donors (Lipinski definition) is 1. The number of morpholine rings is 1. The molecule has 0 aromatic carbocycles. The Kier molecular flexibility index (Phi) is 4.52. The number of ether oxygens (including phenoxy) is 1. The van der Waals surface area contributed by atoms with Crippen molar-refractivity contribution < 1.29 is 14.1 Å². The molecule has 1 aromatic heterocycles. The first-order chi connectivity index (χ1) is 9.10. The van der Waals surface area contributed by atoms with Crippen molar-refractivity contribution in [1.82, 2.24) is 15.0 Å². The third-order valence-electron chi connectivity index (χ3n) is 3.00. The van der Waals surface area contributed by atoms with Gasteiger partial charge in [0.1, 0.15) is 5.76 Å². The quantitative estimate of drug-likeness (QED) is 0.779. The van der Waals surface area contributed by atoms with Gasteiger partial charge in [0.05, 0.1) is 19.3 Å². The first-order valence-electron chi connectivity index (χ1n) is 6.32. The molecule has 0 bridgehead atoms. The lowest BCUT2D eigenvalue weighted by molar-refractivity contribution is -0.0255. The zero-order valence-electron chi connectivity index (χ0n) is 11.2. The molecule has 106 valence electrons. The molecule has 1 aromatic rings. The molecule has 0 spiro atoms. The van der Waals surface area contributed by atoms with Crippen molar-refractivity contribution in [2.24, 2.45) is 0 Å². The van der Waals surface area contributed by atoms with Gasteiger partial charge >= 0.3 is 0 Å². The summed E-state index contributed by atoms with van der Waals surface area (Å²) in [4.78, 5) is 25.4. The zero-order valence-corrected chi connectivity index (χ0v) is 11.2. The molecule has 7 nitrogen and oxygen atoms in total. The Balaban J connectivity index is 1.95. The van der Waals surface area contributed by atoms with E-state index in [1.807, 2.05) is 11.9 Å². The van der Waals surface area contributed by atoms with E-state index >= 15 is 0 Å². The van der Waals surface area contributed by atoms with Crippen LogP contribution in [0.2, 0.25) is 0 Å². The van der Waals surface area contributed by atoms with Gasteiger partial charge in [-0.1, -0.05) is 0 Å². The van der Waals surface area contributed by atoms with Gasteiger partial charge in [-0.3, -0.25) is 14.5 Å². The Morgan fingerprint density at radius 3 is 3.00 bits per heavy atom. The summed E-state index contributed by atoms with van der Waals surface area (Å²) < 4.78 is 11.4. The number of aryl methyl sites for hydroxylation is 1. The Bertz CT molecular complexity index is 491. The molecule has 1 unspecified atom stereocenters. The van der Waals surface area contributed by atoms with Gasteiger partial charge in [0.25, 0.3) is 11.5 Å². The molecular weight excluding hydrogens is 250 g/mol. The van der Waals surface area contributed by atoms with Gasteiger partial charge in [-0.15, -0.1) is 4.74 Å². The maximum absolute atomic E-state index is 12.0. The van der Waals surface area contributed by atoms with Crippen LogP contribution in [0.15, 0.2) is 15.4 Å². The number of likely N-dealkylation sites (N-methyl/N-ethyl adjacent to an activating group) is 1. The lowest BCUT2D eigenvalue weighted by atomic mass is 10.2. The minimum absolute atomic E-state index is 0.0709. The summed E-state index contributed by atoms with van der Waals surface area (Å²) in [6.07, 6.45) is 0.0709. The zero-order chi connectivity index (χ0) is 13.8. The van der Waals surface area contributed by atoms with Crippen LogP contribution in [0.1, 0.15) is 10.6 Å². The van der Waals surface area contributed by atoms with Crippen molar-refractivity contribution in [3.63, 3.8) is 0 Å². The van der Waals surface area contributed by atoms with Crippen LogP contribution < -0.4 is 10.9 Å². The van der Waals surface area contributed by atoms with Gasteiger partial charge in [-0.25, -0.2) is 0 Å². The highest BCUT2D eigenvalue weighted by Gasteiger charge is 2.23. The second kappa shape index (κ2) is 6.14. The van der Waals surface area contributed by atoms with Crippen molar-refractivity contribution in [2.75, 3.05) is 39.8 Å². The smallest absolute Gasteiger partial charge is 0.290 e. The van der Waals surface area contributed by atoms with Gasteiger partial charge in [0.2, 0.25) is 0 Å². The molecule has 0 aliphatic carbocycles. The normalized spacial score (nSPS) is 20.6. The van der Waals surface area contributed by atoms with E-state index in [0.717, 1.165) is 11.3 Å². The standard InChI is InChI=1S/C12H19N3O4/c1-9-5-11(16)15(19-9)12(17)8-14-3-4-18-10(7-14)6-13-2/h5,10,13H,3-4,6-8H2,1-2H3. The number of aromatic nitrogens is 1. The molecule has 2 rings (SSSR count). The summed E-state index contributed by atoms with van der Waals surface area (Å²) in [5.74, 6) is 0.0941. The van der Waals surface area contributed by atoms with Crippen LogP contribution in [0.25, 0.3) is 0 Å². The molecule has 0 saturated carbocycles. The number of rotatable bonds is 4. The summed E-state index contributed by atoms with van der Waals surface area (Å²) in [6.45, 7) is 4.48. The molecule has 2 heterocycles. The molecule has 1 N–H and O–H groups in total. The van der Waals surface area contributed by atoms with Gasteiger partial charge in [0.15, 0.2) is 0 Å². The fraction of sp³-hybridized carbons (Fsp3) is 0.667. The minimum atomic E-state index is -0.414. The average molecular weight is 269 g/mol. The molecule has 1 aliphatic heterocycles.